The molecule has 0 unspecified atom stereocenters. The molecular weight excluding hydrogens is 244 g/mol. The molecule has 2 heteroatoms. The molecule has 0 fully saturated rings. The average molecular weight is 258 g/mol. The second-order valence-corrected chi connectivity index (χ2v) is 4.75. The van der Waals surface area contributed by atoms with Crippen molar-refractivity contribution in [1.29, 1.82) is 5.26 Å². The summed E-state index contributed by atoms with van der Waals surface area (Å²) >= 11 is 0. The van der Waals surface area contributed by atoms with Crippen molar-refractivity contribution in [3.63, 3.8) is 0 Å². The van der Waals surface area contributed by atoms with Crippen LogP contribution in [0.25, 0.3) is 22.7 Å². The Morgan fingerprint density at radius 3 is 2.50 bits per heavy atom. The average Bonchev–Trinajstić information content (AvgIpc) is 2.87. The largest absolute Gasteiger partial charge is 0.316 e. The zero-order chi connectivity index (χ0) is 13.9. The van der Waals surface area contributed by atoms with Gasteiger partial charge in [-0.3, -0.25) is 0 Å². The quantitative estimate of drug-likeness (QED) is 0.619. The number of nitriles is 1. The lowest BCUT2D eigenvalue weighted by molar-refractivity contribution is 1.13. The second kappa shape index (κ2) is 5.07. The molecule has 0 bridgehead atoms. The van der Waals surface area contributed by atoms with Gasteiger partial charge in [-0.15, -0.1) is 0 Å². The molecule has 2 nitrogen and oxygen atoms in total. The van der Waals surface area contributed by atoms with Crippen molar-refractivity contribution in [2.45, 2.75) is 6.92 Å². The molecule has 3 rings (SSSR count). The summed E-state index contributed by atoms with van der Waals surface area (Å²) in [5.41, 5.74) is 4.05. The highest BCUT2D eigenvalue weighted by atomic mass is 15.0. The molecule has 3 aromatic rings. The zero-order valence-electron chi connectivity index (χ0n) is 11.2. The van der Waals surface area contributed by atoms with Gasteiger partial charge >= 0.3 is 0 Å². The minimum atomic E-state index is 0.709. The fourth-order valence-corrected chi connectivity index (χ4v) is 2.39. The maximum Gasteiger partial charge on any atom is 0.0944 e. The van der Waals surface area contributed by atoms with Crippen molar-refractivity contribution in [2.24, 2.45) is 0 Å². The summed E-state index contributed by atoms with van der Waals surface area (Å²) < 4.78 is 2.16. The number of fused-ring (bicyclic) bond motifs is 1. The molecule has 0 amide bonds. The van der Waals surface area contributed by atoms with Crippen LogP contribution in [0.15, 0.2) is 66.4 Å². The molecule has 0 aliphatic carbocycles. The fourth-order valence-electron chi connectivity index (χ4n) is 2.39. The first-order valence-corrected chi connectivity index (χ1v) is 6.53. The van der Waals surface area contributed by atoms with Crippen LogP contribution in [0.2, 0.25) is 0 Å². The molecule has 96 valence electrons. The van der Waals surface area contributed by atoms with Crippen molar-refractivity contribution >= 4 is 17.0 Å². The third kappa shape index (κ3) is 2.10. The van der Waals surface area contributed by atoms with Gasteiger partial charge in [0.05, 0.1) is 11.6 Å². The first-order valence-electron chi connectivity index (χ1n) is 6.53. The molecule has 0 saturated heterocycles. The second-order valence-electron chi connectivity index (χ2n) is 4.75. The van der Waals surface area contributed by atoms with E-state index >= 15 is 0 Å². The molecule has 1 aromatic heterocycles. The molecule has 0 atom stereocenters. The summed E-state index contributed by atoms with van der Waals surface area (Å²) in [7, 11) is 0. The lowest BCUT2D eigenvalue weighted by Gasteiger charge is -2.04. The highest BCUT2D eigenvalue weighted by molar-refractivity contribution is 5.91. The van der Waals surface area contributed by atoms with Crippen molar-refractivity contribution in [2.75, 3.05) is 0 Å². The van der Waals surface area contributed by atoms with Gasteiger partial charge in [0.15, 0.2) is 0 Å². The molecule has 0 aliphatic heterocycles. The van der Waals surface area contributed by atoms with Crippen molar-refractivity contribution < 1.29 is 0 Å². The topological polar surface area (TPSA) is 28.7 Å². The molecule has 0 aliphatic rings. The SMILES string of the molecule is C/C(C#N)=C/c1cn(-c2ccccc2)c2ccccc12. The van der Waals surface area contributed by atoms with Gasteiger partial charge in [-0.05, 0) is 31.2 Å². The van der Waals surface area contributed by atoms with E-state index in [9.17, 15) is 0 Å². The number of rotatable bonds is 2. The lowest BCUT2D eigenvalue weighted by Crippen LogP contribution is -1.90. The number of hydrogen-bond donors (Lipinski definition) is 0. The number of nitrogens with zero attached hydrogens (tertiary/aromatic N) is 2. The van der Waals surface area contributed by atoms with Crippen LogP contribution in [0, 0.1) is 11.3 Å². The van der Waals surface area contributed by atoms with E-state index in [4.69, 9.17) is 5.26 Å². The Bertz CT molecular complexity index is 817. The van der Waals surface area contributed by atoms with E-state index < -0.39 is 0 Å². The Morgan fingerprint density at radius 2 is 1.75 bits per heavy atom. The van der Waals surface area contributed by atoms with Crippen LogP contribution in [-0.4, -0.2) is 4.57 Å². The minimum absolute atomic E-state index is 0.709. The summed E-state index contributed by atoms with van der Waals surface area (Å²) in [5.74, 6) is 0. The zero-order valence-corrected chi connectivity index (χ0v) is 11.2. The van der Waals surface area contributed by atoms with Gasteiger partial charge in [0.1, 0.15) is 0 Å². The fraction of sp³-hybridized carbons (Fsp3) is 0.0556. The predicted octanol–water partition coefficient (Wildman–Crippen LogP) is 4.56. The molecular formula is C18H14N2. The minimum Gasteiger partial charge on any atom is -0.316 e. The monoisotopic (exact) mass is 258 g/mol. The Kier molecular flexibility index (Phi) is 3.10. The van der Waals surface area contributed by atoms with Crippen molar-refractivity contribution in [3.8, 4) is 11.8 Å². The van der Waals surface area contributed by atoms with Gasteiger partial charge in [-0.1, -0.05) is 36.4 Å². The molecule has 0 spiro atoms. The summed E-state index contributed by atoms with van der Waals surface area (Å²) in [6.45, 7) is 1.83. The van der Waals surface area contributed by atoms with Crippen LogP contribution in [0.3, 0.4) is 0 Å². The van der Waals surface area contributed by atoms with Crippen LogP contribution in [0.4, 0.5) is 0 Å². The molecule has 2 aromatic carbocycles. The highest BCUT2D eigenvalue weighted by Crippen LogP contribution is 2.26. The lowest BCUT2D eigenvalue weighted by atomic mass is 10.1. The Morgan fingerprint density at radius 1 is 1.05 bits per heavy atom. The van der Waals surface area contributed by atoms with E-state index in [1.165, 1.54) is 0 Å². The number of benzene rings is 2. The Balaban J connectivity index is 2.28. The van der Waals surface area contributed by atoms with Crippen LogP contribution >= 0.6 is 0 Å². The summed E-state index contributed by atoms with van der Waals surface area (Å²) in [6.07, 6.45) is 4.02. The van der Waals surface area contributed by atoms with E-state index in [0.29, 0.717) is 5.57 Å². The van der Waals surface area contributed by atoms with E-state index in [1.807, 2.05) is 43.3 Å². The molecule has 0 saturated carbocycles. The Hall–Kier alpha value is -2.79. The first kappa shape index (κ1) is 12.3. The van der Waals surface area contributed by atoms with E-state index in [1.54, 1.807) is 0 Å². The van der Waals surface area contributed by atoms with Gasteiger partial charge in [0, 0.05) is 28.4 Å². The number of aromatic nitrogens is 1. The van der Waals surface area contributed by atoms with E-state index in [-0.39, 0.29) is 0 Å². The standard InChI is InChI=1S/C18H14N2/c1-14(12-19)11-15-13-20(16-7-3-2-4-8-16)18-10-6-5-9-17(15)18/h2-11,13H,1H3/b14-11-. The van der Waals surface area contributed by atoms with Gasteiger partial charge in [-0.25, -0.2) is 0 Å². The van der Waals surface area contributed by atoms with Crippen LogP contribution in [-0.2, 0) is 0 Å². The third-order valence-corrected chi connectivity index (χ3v) is 3.33. The van der Waals surface area contributed by atoms with Crippen LogP contribution in [0.1, 0.15) is 12.5 Å². The maximum atomic E-state index is 8.97. The summed E-state index contributed by atoms with van der Waals surface area (Å²) in [6, 6.07) is 20.7. The molecule has 20 heavy (non-hydrogen) atoms. The molecule has 1 heterocycles. The summed E-state index contributed by atoms with van der Waals surface area (Å²) in [4.78, 5) is 0. The third-order valence-electron chi connectivity index (χ3n) is 3.33. The van der Waals surface area contributed by atoms with Crippen LogP contribution in [0.5, 0.6) is 0 Å². The van der Waals surface area contributed by atoms with Crippen molar-refractivity contribution in [1.82, 2.24) is 4.57 Å². The Labute approximate surface area is 118 Å². The normalized spacial score (nSPS) is 11.5. The smallest absolute Gasteiger partial charge is 0.0944 e. The predicted molar refractivity (Wildman–Crippen MR) is 82.5 cm³/mol. The number of para-hydroxylation sites is 2. The maximum absolute atomic E-state index is 8.97. The van der Waals surface area contributed by atoms with Gasteiger partial charge in [0.2, 0.25) is 0 Å². The molecule has 0 N–H and O–H groups in total. The number of hydrogen-bond acceptors (Lipinski definition) is 1. The highest BCUT2D eigenvalue weighted by Gasteiger charge is 2.07. The van der Waals surface area contributed by atoms with Gasteiger partial charge < -0.3 is 4.57 Å². The van der Waals surface area contributed by atoms with Crippen LogP contribution < -0.4 is 0 Å². The van der Waals surface area contributed by atoms with Gasteiger partial charge in [0.25, 0.3) is 0 Å². The first-order chi connectivity index (χ1) is 9.79. The van der Waals surface area contributed by atoms with E-state index in [0.717, 1.165) is 22.2 Å². The summed E-state index contributed by atoms with van der Waals surface area (Å²) in [5, 5.41) is 10.1. The van der Waals surface area contributed by atoms with Gasteiger partial charge in [-0.2, -0.15) is 5.26 Å². The van der Waals surface area contributed by atoms with E-state index in [2.05, 4.69) is 41.1 Å². The molecule has 0 radical (unpaired) electrons. The van der Waals surface area contributed by atoms with Crippen molar-refractivity contribution in [3.05, 3.63) is 71.9 Å². The number of allylic oxidation sites excluding steroid dienone is 1.